The van der Waals surface area contributed by atoms with E-state index in [0.29, 0.717) is 31.9 Å². The molecule has 1 aliphatic heterocycles. The number of hydrogen-bond donors (Lipinski definition) is 1. The third-order valence-corrected chi connectivity index (χ3v) is 3.72. The van der Waals surface area contributed by atoms with Crippen LogP contribution in [0.25, 0.3) is 0 Å². The van der Waals surface area contributed by atoms with E-state index in [4.69, 9.17) is 4.74 Å². The summed E-state index contributed by atoms with van der Waals surface area (Å²) in [4.78, 5) is 25.8. The van der Waals surface area contributed by atoms with Gasteiger partial charge < -0.3 is 15.0 Å². The summed E-state index contributed by atoms with van der Waals surface area (Å²) in [7, 11) is 0. The van der Waals surface area contributed by atoms with Gasteiger partial charge in [0.2, 0.25) is 11.8 Å². The second-order valence-corrected chi connectivity index (χ2v) is 5.60. The largest absolute Gasteiger partial charge is 0.416 e. The fourth-order valence-corrected chi connectivity index (χ4v) is 2.41. The topological polar surface area (TPSA) is 58.6 Å². The summed E-state index contributed by atoms with van der Waals surface area (Å²) in [6.07, 6.45) is -4.49. The summed E-state index contributed by atoms with van der Waals surface area (Å²) in [5.74, 6) is -0.608. The van der Waals surface area contributed by atoms with E-state index in [0.717, 1.165) is 12.1 Å². The first kappa shape index (κ1) is 18.3. The average molecular weight is 344 g/mol. The van der Waals surface area contributed by atoms with E-state index in [9.17, 15) is 22.8 Å². The van der Waals surface area contributed by atoms with Crippen LogP contribution in [0.2, 0.25) is 0 Å². The molecule has 132 valence electrons. The third kappa shape index (κ3) is 4.95. The van der Waals surface area contributed by atoms with Crippen molar-refractivity contribution in [2.45, 2.75) is 25.6 Å². The lowest BCUT2D eigenvalue weighted by Gasteiger charge is -2.29. The molecule has 1 heterocycles. The van der Waals surface area contributed by atoms with Gasteiger partial charge in [-0.3, -0.25) is 9.59 Å². The van der Waals surface area contributed by atoms with Gasteiger partial charge in [-0.1, -0.05) is 12.1 Å². The lowest BCUT2D eigenvalue weighted by Crippen LogP contribution is -2.50. The standard InChI is InChI=1S/C16H19F3N2O3/c1-11(15(23)21-6-8-24-9-7-21)20-14(22)10-12-2-4-13(5-3-12)16(17,18)19/h2-5,11H,6-10H2,1H3,(H,20,22)/t11-/m1/s1. The molecule has 1 aliphatic rings. The van der Waals surface area contributed by atoms with Gasteiger partial charge >= 0.3 is 6.18 Å². The van der Waals surface area contributed by atoms with Crippen LogP contribution in [0.4, 0.5) is 13.2 Å². The van der Waals surface area contributed by atoms with Crippen LogP contribution in [-0.2, 0) is 26.9 Å². The number of alkyl halides is 3. The zero-order valence-electron chi connectivity index (χ0n) is 13.2. The van der Waals surface area contributed by atoms with E-state index < -0.39 is 23.7 Å². The van der Waals surface area contributed by atoms with Crippen molar-refractivity contribution in [3.63, 3.8) is 0 Å². The minimum atomic E-state index is -4.40. The lowest BCUT2D eigenvalue weighted by atomic mass is 10.1. The van der Waals surface area contributed by atoms with Crippen molar-refractivity contribution >= 4 is 11.8 Å². The fourth-order valence-electron chi connectivity index (χ4n) is 2.41. The van der Waals surface area contributed by atoms with Gasteiger partial charge in [0, 0.05) is 13.1 Å². The number of nitrogens with one attached hydrogen (secondary N) is 1. The second-order valence-electron chi connectivity index (χ2n) is 5.60. The van der Waals surface area contributed by atoms with Crippen molar-refractivity contribution in [1.82, 2.24) is 10.2 Å². The molecule has 24 heavy (non-hydrogen) atoms. The number of hydrogen-bond acceptors (Lipinski definition) is 3. The second kappa shape index (κ2) is 7.65. The maximum absolute atomic E-state index is 12.5. The van der Waals surface area contributed by atoms with Gasteiger partial charge in [-0.2, -0.15) is 13.2 Å². The van der Waals surface area contributed by atoms with E-state index in [-0.39, 0.29) is 12.3 Å². The monoisotopic (exact) mass is 344 g/mol. The molecular weight excluding hydrogens is 325 g/mol. The van der Waals surface area contributed by atoms with Gasteiger partial charge in [-0.05, 0) is 24.6 Å². The first-order valence-corrected chi connectivity index (χ1v) is 7.59. The molecule has 1 saturated heterocycles. The van der Waals surface area contributed by atoms with Gasteiger partial charge in [0.1, 0.15) is 6.04 Å². The van der Waals surface area contributed by atoms with Crippen LogP contribution < -0.4 is 5.32 Å². The molecule has 0 radical (unpaired) electrons. The van der Waals surface area contributed by atoms with Crippen molar-refractivity contribution < 1.29 is 27.5 Å². The molecule has 2 amide bonds. The van der Waals surface area contributed by atoms with Crippen molar-refractivity contribution in [3.05, 3.63) is 35.4 Å². The van der Waals surface area contributed by atoms with Crippen LogP contribution in [0.3, 0.4) is 0 Å². The Morgan fingerprint density at radius 3 is 2.33 bits per heavy atom. The summed E-state index contributed by atoms with van der Waals surface area (Å²) in [6.45, 7) is 3.49. The molecule has 2 rings (SSSR count). The zero-order valence-corrected chi connectivity index (χ0v) is 13.2. The van der Waals surface area contributed by atoms with Crippen molar-refractivity contribution in [3.8, 4) is 0 Å². The summed E-state index contributed by atoms with van der Waals surface area (Å²) >= 11 is 0. The first-order valence-electron chi connectivity index (χ1n) is 7.59. The van der Waals surface area contributed by atoms with Crippen molar-refractivity contribution in [2.75, 3.05) is 26.3 Å². The highest BCUT2D eigenvalue weighted by Gasteiger charge is 2.30. The van der Waals surface area contributed by atoms with E-state index in [1.165, 1.54) is 12.1 Å². The average Bonchev–Trinajstić information content (AvgIpc) is 2.54. The summed E-state index contributed by atoms with van der Waals surface area (Å²) in [5.41, 5.74) is -0.311. The molecule has 0 aromatic heterocycles. The normalized spacial score (nSPS) is 16.6. The minimum Gasteiger partial charge on any atom is -0.378 e. The Morgan fingerprint density at radius 2 is 1.79 bits per heavy atom. The molecule has 0 aliphatic carbocycles. The van der Waals surface area contributed by atoms with Crippen LogP contribution in [-0.4, -0.2) is 49.1 Å². The van der Waals surface area contributed by atoms with Crippen LogP contribution in [0, 0.1) is 0 Å². The van der Waals surface area contributed by atoms with E-state index in [2.05, 4.69) is 5.32 Å². The molecule has 1 aromatic rings. The minimum absolute atomic E-state index is 0.0845. The number of ether oxygens (including phenoxy) is 1. The van der Waals surface area contributed by atoms with E-state index in [1.54, 1.807) is 11.8 Å². The van der Waals surface area contributed by atoms with E-state index in [1.807, 2.05) is 0 Å². The molecule has 1 aromatic carbocycles. The smallest absolute Gasteiger partial charge is 0.378 e. The molecule has 0 unspecified atom stereocenters. The fraction of sp³-hybridized carbons (Fsp3) is 0.500. The number of benzene rings is 1. The Balaban J connectivity index is 1.87. The van der Waals surface area contributed by atoms with Gasteiger partial charge in [-0.25, -0.2) is 0 Å². The van der Waals surface area contributed by atoms with Crippen LogP contribution in [0.5, 0.6) is 0 Å². The Morgan fingerprint density at radius 1 is 1.21 bits per heavy atom. The van der Waals surface area contributed by atoms with Gasteiger partial charge in [0.05, 0.1) is 25.2 Å². The Kier molecular flexibility index (Phi) is 5.82. The van der Waals surface area contributed by atoms with Crippen LogP contribution in [0.1, 0.15) is 18.1 Å². The highest BCUT2D eigenvalue weighted by atomic mass is 19.4. The number of morpholine rings is 1. The Labute approximate surface area is 137 Å². The number of rotatable bonds is 4. The number of amides is 2. The maximum atomic E-state index is 12.5. The van der Waals surface area contributed by atoms with Gasteiger partial charge in [-0.15, -0.1) is 0 Å². The predicted octanol–water partition coefficient (Wildman–Crippen LogP) is 1.61. The van der Waals surface area contributed by atoms with Gasteiger partial charge in [0.25, 0.3) is 0 Å². The predicted molar refractivity (Wildman–Crippen MR) is 80.2 cm³/mol. The van der Waals surface area contributed by atoms with Crippen LogP contribution >= 0.6 is 0 Å². The van der Waals surface area contributed by atoms with Crippen molar-refractivity contribution in [1.29, 1.82) is 0 Å². The first-order chi connectivity index (χ1) is 11.3. The summed E-state index contributed by atoms with van der Waals surface area (Å²) in [5, 5.41) is 2.58. The molecule has 5 nitrogen and oxygen atoms in total. The molecule has 1 atom stereocenters. The van der Waals surface area contributed by atoms with Crippen LogP contribution in [0.15, 0.2) is 24.3 Å². The zero-order chi connectivity index (χ0) is 17.7. The Bertz CT molecular complexity index is 581. The molecule has 8 heteroatoms. The summed E-state index contributed by atoms with van der Waals surface area (Å²) in [6, 6.07) is 3.70. The number of carbonyl (C=O) groups excluding carboxylic acids is 2. The SMILES string of the molecule is C[C@@H](NC(=O)Cc1ccc(C(F)(F)F)cc1)C(=O)N1CCOCC1. The highest BCUT2D eigenvalue weighted by molar-refractivity contribution is 5.88. The number of nitrogens with zero attached hydrogens (tertiary/aromatic N) is 1. The Hall–Kier alpha value is -2.09. The highest BCUT2D eigenvalue weighted by Crippen LogP contribution is 2.29. The van der Waals surface area contributed by atoms with Crippen molar-refractivity contribution in [2.24, 2.45) is 0 Å². The molecule has 0 saturated carbocycles. The molecular formula is C16H19F3N2O3. The quantitative estimate of drug-likeness (QED) is 0.903. The van der Waals surface area contributed by atoms with Gasteiger partial charge in [0.15, 0.2) is 0 Å². The molecule has 0 spiro atoms. The van der Waals surface area contributed by atoms with E-state index >= 15 is 0 Å². The maximum Gasteiger partial charge on any atom is 0.416 e. The lowest BCUT2D eigenvalue weighted by molar-refractivity contribution is -0.139. The summed E-state index contributed by atoms with van der Waals surface area (Å²) < 4.78 is 42.6. The molecule has 1 N–H and O–H groups in total. The number of halogens is 3. The molecule has 0 bridgehead atoms. The third-order valence-electron chi connectivity index (χ3n) is 3.72. The number of carbonyl (C=O) groups is 2. The molecule has 1 fully saturated rings.